The zero-order chi connectivity index (χ0) is 23.2. The fourth-order valence-electron chi connectivity index (χ4n) is 2.55. The Morgan fingerprint density at radius 1 is 0.710 bits per heavy atom. The number of benzene rings is 3. The van der Waals surface area contributed by atoms with Gasteiger partial charge in [-0.25, -0.2) is 0 Å². The summed E-state index contributed by atoms with van der Waals surface area (Å²) < 4.78 is 40.9. The molecule has 0 bridgehead atoms. The van der Waals surface area contributed by atoms with Gasteiger partial charge in [-0.1, -0.05) is 53.1 Å². The Kier molecular flexibility index (Phi) is 8.92. The van der Waals surface area contributed by atoms with Crippen LogP contribution in [0.5, 0.6) is 0 Å². The van der Waals surface area contributed by atoms with E-state index in [0.717, 1.165) is 0 Å². The average Bonchev–Trinajstić information content (AvgIpc) is 2.64. The van der Waals surface area contributed by atoms with Gasteiger partial charge in [0.25, 0.3) is 0 Å². The van der Waals surface area contributed by atoms with Crippen LogP contribution >= 0.6 is 7.82 Å². The fourth-order valence-corrected chi connectivity index (χ4v) is 7.39. The van der Waals surface area contributed by atoms with Crippen molar-refractivity contribution in [3.8, 4) is 0 Å². The molecule has 0 saturated heterocycles. The van der Waals surface area contributed by atoms with E-state index in [4.69, 9.17) is 9.79 Å². The Labute approximate surface area is 188 Å². The summed E-state index contributed by atoms with van der Waals surface area (Å²) in [6.45, 7) is 6.42. The minimum absolute atomic E-state index is 0.0394. The second-order valence-corrected chi connectivity index (χ2v) is 14.4. The van der Waals surface area contributed by atoms with Gasteiger partial charge in [-0.05, 0) is 57.2 Å². The third-order valence-electron chi connectivity index (χ3n) is 3.96. The van der Waals surface area contributed by atoms with E-state index in [1.807, 2.05) is 0 Å². The van der Waals surface area contributed by atoms with Gasteiger partial charge in [0.2, 0.25) is 0 Å². The molecule has 7 nitrogen and oxygen atoms in total. The van der Waals surface area contributed by atoms with E-state index in [2.05, 4.69) is 96.7 Å². The molecular formula is C21H23O7PSW. The van der Waals surface area contributed by atoms with Crippen molar-refractivity contribution in [3.63, 3.8) is 0 Å². The molecule has 0 heterocycles. The molecule has 3 aromatic rings. The Morgan fingerprint density at radius 3 is 1.13 bits per heavy atom. The molecule has 166 valence electrons. The minimum atomic E-state index is -6.44. The summed E-state index contributed by atoms with van der Waals surface area (Å²) in [6.07, 6.45) is 0. The summed E-state index contributed by atoms with van der Waals surface area (Å²) in [7, 11) is -5.17. The Hall–Kier alpha value is -1.63. The van der Waals surface area contributed by atoms with E-state index in [1.54, 1.807) is 0 Å². The average molecular weight is 634 g/mol. The maximum absolute atomic E-state index is 9.57. The quantitative estimate of drug-likeness (QED) is 0.323. The number of rotatable bonds is 5. The summed E-state index contributed by atoms with van der Waals surface area (Å²) in [6, 6.07) is 26.8. The molecule has 31 heavy (non-hydrogen) atoms. The van der Waals surface area contributed by atoms with Crippen molar-refractivity contribution in [1.82, 2.24) is 0 Å². The van der Waals surface area contributed by atoms with Crippen LogP contribution in [-0.2, 0) is 42.2 Å². The molecule has 0 radical (unpaired) electrons. The summed E-state index contributed by atoms with van der Waals surface area (Å²) in [5, 5.41) is 0. The van der Waals surface area contributed by atoms with Gasteiger partial charge in [0.05, 0.1) is 10.9 Å². The van der Waals surface area contributed by atoms with Crippen molar-refractivity contribution in [2.24, 2.45) is 0 Å². The van der Waals surface area contributed by atoms with Gasteiger partial charge in [0.15, 0.2) is 14.7 Å². The monoisotopic (exact) mass is 634 g/mol. The van der Waals surface area contributed by atoms with Crippen LogP contribution in [0.2, 0.25) is 0 Å². The second-order valence-electron chi connectivity index (χ2n) is 6.72. The Bertz CT molecular complexity index is 1030. The first-order valence-corrected chi connectivity index (χ1v) is 16.6. The molecule has 0 aliphatic rings. The molecular weight excluding hydrogens is 611 g/mol. The van der Waals surface area contributed by atoms with Crippen LogP contribution in [0, 0.1) is 20.8 Å². The van der Waals surface area contributed by atoms with E-state index >= 15 is 0 Å². The van der Waals surface area contributed by atoms with Crippen LogP contribution in [0.4, 0.5) is 0 Å². The molecule has 0 aliphatic heterocycles. The van der Waals surface area contributed by atoms with Crippen LogP contribution in [0.15, 0.2) is 87.5 Å². The van der Waals surface area contributed by atoms with E-state index < -0.39 is 24.6 Å². The van der Waals surface area contributed by atoms with E-state index in [0.29, 0.717) is 0 Å². The van der Waals surface area contributed by atoms with Crippen LogP contribution in [0.3, 0.4) is 0 Å². The summed E-state index contributed by atoms with van der Waals surface area (Å²) >= 11 is -6.44. The summed E-state index contributed by atoms with van der Waals surface area (Å²) in [5.74, 6) is 0. The van der Waals surface area contributed by atoms with E-state index in [-0.39, 0.29) is 10.9 Å². The van der Waals surface area contributed by atoms with Crippen LogP contribution in [0.1, 0.15) is 16.7 Å². The van der Waals surface area contributed by atoms with E-state index in [1.165, 1.54) is 31.4 Å². The molecule has 0 amide bonds. The zero-order valence-electron chi connectivity index (χ0n) is 17.1. The molecule has 0 unspecified atom stereocenters. The first kappa shape index (κ1) is 25.6. The predicted molar refractivity (Wildman–Crippen MR) is 110 cm³/mol. The summed E-state index contributed by atoms with van der Waals surface area (Å²) in [5.41, 5.74) is 3.92. The first-order chi connectivity index (χ1) is 14.3. The van der Waals surface area contributed by atoms with Gasteiger partial charge < -0.3 is 0 Å². The molecule has 10 heteroatoms. The molecule has 0 fully saturated rings. The predicted octanol–water partition coefficient (Wildman–Crippen LogP) is 3.84. The van der Waals surface area contributed by atoms with Gasteiger partial charge in [0, 0.05) is 0 Å². The maximum atomic E-state index is 9.57. The van der Waals surface area contributed by atoms with Crippen molar-refractivity contribution in [2.75, 3.05) is 0 Å². The van der Waals surface area contributed by atoms with Crippen molar-refractivity contribution in [3.05, 3.63) is 89.5 Å². The normalized spacial score (nSPS) is 11.7. The van der Waals surface area contributed by atoms with Crippen LogP contribution < -0.4 is 3.76 Å². The number of aryl methyl sites for hydroxylation is 3. The molecule has 0 spiro atoms. The SMILES string of the molecule is Cc1ccc([S+](c2ccc(C)cc2)c2ccc(C)cc2)cc1.O=P(O)(O)[O][W](=[O])(=[O])[O-]. The third kappa shape index (κ3) is 9.17. The Morgan fingerprint density at radius 2 is 0.968 bits per heavy atom. The zero-order valence-corrected chi connectivity index (χ0v) is 21.8. The van der Waals surface area contributed by atoms with Crippen LogP contribution in [0.25, 0.3) is 0 Å². The topological polar surface area (TPSA) is 124 Å². The van der Waals surface area contributed by atoms with Gasteiger partial charge in [-0.15, -0.1) is 0 Å². The second kappa shape index (κ2) is 10.8. The van der Waals surface area contributed by atoms with Crippen molar-refractivity contribution in [2.45, 2.75) is 35.5 Å². The molecule has 2 N–H and O–H groups in total. The van der Waals surface area contributed by atoms with Gasteiger partial charge in [-0.2, -0.15) is 0 Å². The van der Waals surface area contributed by atoms with Crippen molar-refractivity contribution in [1.29, 1.82) is 0 Å². The molecule has 0 aromatic heterocycles. The molecule has 0 saturated carbocycles. The van der Waals surface area contributed by atoms with Gasteiger partial charge in [0.1, 0.15) is 0 Å². The molecule has 3 aromatic carbocycles. The molecule has 3 rings (SSSR count). The van der Waals surface area contributed by atoms with Crippen LogP contribution in [-0.4, -0.2) is 9.79 Å². The van der Waals surface area contributed by atoms with Gasteiger partial charge in [-0.3, -0.25) is 0 Å². The van der Waals surface area contributed by atoms with E-state index in [9.17, 15) is 15.1 Å². The number of phosphoric acid groups is 1. The number of hydrogen-bond donors (Lipinski definition) is 2. The first-order valence-electron chi connectivity index (χ1n) is 9.01. The number of hydrogen-bond acceptors (Lipinski definition) is 5. The Balaban J connectivity index is 0.000000323. The molecule has 0 atom stereocenters. The van der Waals surface area contributed by atoms with Crippen molar-refractivity contribution >= 4 is 18.7 Å². The standard InChI is InChI=1S/C21H21S.H3O4P.3O.W/c1-16-4-10-19(11-5-16)22(20-12-6-17(2)7-13-20)21-14-8-18(3)9-15-21;1-5(2,3)4;;;;/h4-15H,1-3H3;(H3,1,2,3,4);;;;/q+1;;;;-1;+1/p-1. The summed E-state index contributed by atoms with van der Waals surface area (Å²) in [4.78, 5) is 19.5. The molecule has 0 aliphatic carbocycles. The van der Waals surface area contributed by atoms with Crippen molar-refractivity contribution < 1.29 is 44.8 Å². The van der Waals surface area contributed by atoms with Gasteiger partial charge >= 0.3 is 52.7 Å². The fraction of sp³-hybridized carbons (Fsp3) is 0.143. The third-order valence-corrected chi connectivity index (χ3v) is 10.6.